The van der Waals surface area contributed by atoms with Crippen LogP contribution in [-0.2, 0) is 6.42 Å². The van der Waals surface area contributed by atoms with Crippen molar-refractivity contribution in [1.82, 2.24) is 0 Å². The second kappa shape index (κ2) is 7.14. The molecule has 4 nitrogen and oxygen atoms in total. The molecule has 0 N–H and O–H groups in total. The fraction of sp³-hybridized carbons (Fsp3) is 0.294. The summed E-state index contributed by atoms with van der Waals surface area (Å²) in [6.07, 6.45) is 2.62. The summed E-state index contributed by atoms with van der Waals surface area (Å²) < 4.78 is 6.17. The Hall–Kier alpha value is -1.87. The van der Waals surface area contributed by atoms with Gasteiger partial charge in [0.1, 0.15) is 11.9 Å². The zero-order chi connectivity index (χ0) is 16.2. The Balaban J connectivity index is 2.09. The molecule has 6 heteroatoms. The van der Waals surface area contributed by atoms with Crippen LogP contribution in [0.1, 0.15) is 18.4 Å². The van der Waals surface area contributed by atoms with Crippen molar-refractivity contribution >= 4 is 23.2 Å². The molecule has 3 rings (SSSR count). The lowest BCUT2D eigenvalue weighted by atomic mass is 9.99. The average Bonchev–Trinajstić information content (AvgIpc) is 2.75. The quantitative estimate of drug-likeness (QED) is 0.378. The van der Waals surface area contributed by atoms with E-state index in [2.05, 4.69) is 16.1 Å². The van der Waals surface area contributed by atoms with Gasteiger partial charge in [-0.05, 0) is 42.5 Å². The van der Waals surface area contributed by atoms with E-state index in [0.29, 0.717) is 16.6 Å². The first-order valence-electron chi connectivity index (χ1n) is 7.44. The molecule has 2 aromatic carbocycles. The largest absolute Gasteiger partial charge is 0.489 e. The van der Waals surface area contributed by atoms with Gasteiger partial charge in [-0.15, -0.1) is 0 Å². The summed E-state index contributed by atoms with van der Waals surface area (Å²) in [6, 6.07) is 11.5. The van der Waals surface area contributed by atoms with E-state index in [4.69, 9.17) is 33.5 Å². The van der Waals surface area contributed by atoms with Crippen LogP contribution < -0.4 is 4.74 Å². The average molecular weight is 348 g/mol. The van der Waals surface area contributed by atoms with Crippen molar-refractivity contribution in [2.75, 3.05) is 6.54 Å². The van der Waals surface area contributed by atoms with Gasteiger partial charge in [-0.25, -0.2) is 0 Å². The zero-order valence-corrected chi connectivity index (χ0v) is 13.9. The van der Waals surface area contributed by atoms with Gasteiger partial charge in [-0.2, -0.15) is 0 Å². The lowest BCUT2D eigenvalue weighted by Gasteiger charge is -2.19. The maximum Gasteiger partial charge on any atom is 0.130 e. The van der Waals surface area contributed by atoms with E-state index in [1.165, 1.54) is 0 Å². The van der Waals surface area contributed by atoms with Crippen LogP contribution in [0.25, 0.3) is 21.6 Å². The standard InChI is InChI=1S/C17H15Cl2N3O/c18-14-8-3-9-15(19)16(14)13-7-2-5-11-4-1-6-12(10-21-22-20)23-17(11)13/h2-3,5,7-9,12H,1,4,6,10H2/t12-/m1/s1. The van der Waals surface area contributed by atoms with Crippen LogP contribution in [0.2, 0.25) is 10.0 Å². The number of rotatable bonds is 3. The monoisotopic (exact) mass is 347 g/mol. The van der Waals surface area contributed by atoms with Crippen LogP contribution >= 0.6 is 23.2 Å². The first kappa shape index (κ1) is 16.0. The third-order valence-corrected chi connectivity index (χ3v) is 4.56. The van der Waals surface area contributed by atoms with E-state index in [-0.39, 0.29) is 6.10 Å². The Morgan fingerprint density at radius 3 is 2.65 bits per heavy atom. The van der Waals surface area contributed by atoms with Crippen molar-refractivity contribution in [3.05, 3.63) is 62.4 Å². The van der Waals surface area contributed by atoms with Crippen LogP contribution in [0, 0.1) is 0 Å². The van der Waals surface area contributed by atoms with Gasteiger partial charge in [0.25, 0.3) is 0 Å². The lowest BCUT2D eigenvalue weighted by Crippen LogP contribution is -2.19. The maximum absolute atomic E-state index is 8.54. The highest BCUT2D eigenvalue weighted by Crippen LogP contribution is 2.43. The molecule has 0 aliphatic carbocycles. The van der Waals surface area contributed by atoms with Gasteiger partial charge in [0.05, 0.1) is 16.6 Å². The second-order valence-corrected chi connectivity index (χ2v) is 6.25. The molecule has 1 aliphatic heterocycles. The molecule has 118 valence electrons. The number of para-hydroxylation sites is 1. The number of benzene rings is 2. The molecular formula is C17H15Cl2N3O. The topological polar surface area (TPSA) is 58.0 Å². The molecule has 0 aromatic heterocycles. The van der Waals surface area contributed by atoms with Crippen LogP contribution in [0.5, 0.6) is 5.75 Å². The Kier molecular flexibility index (Phi) is 4.97. The number of aryl methyl sites for hydroxylation is 1. The normalized spacial score (nSPS) is 16.7. The first-order chi connectivity index (χ1) is 11.2. The second-order valence-electron chi connectivity index (χ2n) is 5.44. The number of fused-ring (bicyclic) bond motifs is 1. The van der Waals surface area contributed by atoms with Gasteiger partial charge in [-0.3, -0.25) is 0 Å². The lowest BCUT2D eigenvalue weighted by molar-refractivity contribution is 0.205. The Labute approximate surface area is 144 Å². The van der Waals surface area contributed by atoms with E-state index < -0.39 is 0 Å². The van der Waals surface area contributed by atoms with Crippen LogP contribution in [0.3, 0.4) is 0 Å². The van der Waals surface area contributed by atoms with Crippen molar-refractivity contribution in [2.45, 2.75) is 25.4 Å². The van der Waals surface area contributed by atoms with Gasteiger partial charge in [0.2, 0.25) is 0 Å². The summed E-state index contributed by atoms with van der Waals surface area (Å²) >= 11 is 12.7. The third-order valence-electron chi connectivity index (χ3n) is 3.93. The highest BCUT2D eigenvalue weighted by molar-refractivity contribution is 6.39. The number of hydrogen-bond donors (Lipinski definition) is 0. The summed E-state index contributed by atoms with van der Waals surface area (Å²) in [7, 11) is 0. The van der Waals surface area contributed by atoms with E-state index in [1.807, 2.05) is 30.3 Å². The molecule has 0 radical (unpaired) electrons. The fourth-order valence-corrected chi connectivity index (χ4v) is 3.48. The Morgan fingerprint density at radius 2 is 1.91 bits per heavy atom. The first-order valence-corrected chi connectivity index (χ1v) is 8.20. The number of nitrogens with zero attached hydrogens (tertiary/aromatic N) is 3. The van der Waals surface area contributed by atoms with Crippen molar-refractivity contribution in [2.24, 2.45) is 5.11 Å². The predicted molar refractivity (Wildman–Crippen MR) is 93.3 cm³/mol. The van der Waals surface area contributed by atoms with Crippen LogP contribution in [0.15, 0.2) is 41.5 Å². The molecule has 2 aromatic rings. The summed E-state index contributed by atoms with van der Waals surface area (Å²) in [5.74, 6) is 0.790. The summed E-state index contributed by atoms with van der Waals surface area (Å²) in [5, 5.41) is 4.83. The molecule has 0 amide bonds. The van der Waals surface area contributed by atoms with E-state index in [0.717, 1.165) is 41.7 Å². The smallest absolute Gasteiger partial charge is 0.130 e. The van der Waals surface area contributed by atoms with Gasteiger partial charge in [-0.1, -0.05) is 52.6 Å². The van der Waals surface area contributed by atoms with E-state index in [1.54, 1.807) is 0 Å². The molecule has 1 aliphatic rings. The molecular weight excluding hydrogens is 333 g/mol. The van der Waals surface area contributed by atoms with Gasteiger partial charge in [0, 0.05) is 16.0 Å². The summed E-state index contributed by atoms with van der Waals surface area (Å²) in [5.41, 5.74) is 11.3. The number of ether oxygens (including phenoxy) is 1. The molecule has 0 unspecified atom stereocenters. The van der Waals surface area contributed by atoms with Crippen molar-refractivity contribution in [1.29, 1.82) is 0 Å². The van der Waals surface area contributed by atoms with Crippen LogP contribution in [-0.4, -0.2) is 12.6 Å². The van der Waals surface area contributed by atoms with Crippen molar-refractivity contribution in [3.8, 4) is 16.9 Å². The van der Waals surface area contributed by atoms with Crippen molar-refractivity contribution < 1.29 is 4.74 Å². The Bertz CT molecular complexity index is 752. The van der Waals surface area contributed by atoms with E-state index >= 15 is 0 Å². The van der Waals surface area contributed by atoms with Crippen molar-refractivity contribution in [3.63, 3.8) is 0 Å². The molecule has 1 atom stereocenters. The number of azide groups is 1. The summed E-state index contributed by atoms with van der Waals surface area (Å²) in [4.78, 5) is 2.83. The molecule has 0 fully saturated rings. The minimum absolute atomic E-state index is 0.130. The summed E-state index contributed by atoms with van der Waals surface area (Å²) in [6.45, 7) is 0.320. The minimum Gasteiger partial charge on any atom is -0.489 e. The van der Waals surface area contributed by atoms with E-state index in [9.17, 15) is 0 Å². The number of hydrogen-bond acceptors (Lipinski definition) is 2. The van der Waals surface area contributed by atoms with Crippen LogP contribution in [0.4, 0.5) is 0 Å². The highest BCUT2D eigenvalue weighted by atomic mass is 35.5. The fourth-order valence-electron chi connectivity index (χ4n) is 2.87. The highest BCUT2D eigenvalue weighted by Gasteiger charge is 2.22. The molecule has 1 heterocycles. The maximum atomic E-state index is 8.54. The molecule has 0 spiro atoms. The minimum atomic E-state index is -0.130. The molecule has 0 saturated heterocycles. The zero-order valence-electron chi connectivity index (χ0n) is 12.4. The molecule has 23 heavy (non-hydrogen) atoms. The molecule has 0 saturated carbocycles. The van der Waals surface area contributed by atoms with Gasteiger partial charge < -0.3 is 4.74 Å². The SMILES string of the molecule is [N-]=[N+]=NC[C@H]1CCCc2cccc(-c3c(Cl)cccc3Cl)c2O1. The Morgan fingerprint density at radius 1 is 1.17 bits per heavy atom. The third kappa shape index (κ3) is 3.40. The van der Waals surface area contributed by atoms with Gasteiger partial charge >= 0.3 is 0 Å². The molecule has 0 bridgehead atoms. The number of halogens is 2. The predicted octanol–water partition coefficient (Wildman–Crippen LogP) is 6.05. The van der Waals surface area contributed by atoms with Gasteiger partial charge in [0.15, 0.2) is 0 Å².